The van der Waals surface area contributed by atoms with Crippen molar-refractivity contribution in [1.29, 1.82) is 0 Å². The second-order valence-corrected chi connectivity index (χ2v) is 5.46. The van der Waals surface area contributed by atoms with E-state index in [2.05, 4.69) is 10.4 Å². The third kappa shape index (κ3) is 4.89. The van der Waals surface area contributed by atoms with Crippen LogP contribution in [0.5, 0.6) is 5.75 Å². The molecule has 0 radical (unpaired) electrons. The van der Waals surface area contributed by atoms with Gasteiger partial charge in [-0.3, -0.25) is 4.68 Å². The highest BCUT2D eigenvalue weighted by molar-refractivity contribution is 6.42. The molecule has 21 heavy (non-hydrogen) atoms. The van der Waals surface area contributed by atoms with Gasteiger partial charge in [0, 0.05) is 31.9 Å². The van der Waals surface area contributed by atoms with E-state index in [1.54, 1.807) is 29.1 Å². The van der Waals surface area contributed by atoms with Crippen molar-refractivity contribution in [2.45, 2.75) is 12.6 Å². The van der Waals surface area contributed by atoms with Crippen LogP contribution in [-0.2, 0) is 13.6 Å². The number of hydrogen-bond donors (Lipinski definition) is 2. The molecule has 1 unspecified atom stereocenters. The fourth-order valence-corrected chi connectivity index (χ4v) is 2.13. The maximum Gasteiger partial charge on any atom is 0.139 e. The third-order valence-electron chi connectivity index (χ3n) is 2.81. The molecule has 5 nitrogen and oxygen atoms in total. The number of rotatable bonds is 7. The number of ether oxygens (including phenoxy) is 1. The van der Waals surface area contributed by atoms with Crippen LogP contribution in [0.1, 0.15) is 5.56 Å². The number of aryl methyl sites for hydroxylation is 1. The van der Waals surface area contributed by atoms with Crippen LogP contribution in [0.3, 0.4) is 0 Å². The molecule has 2 N–H and O–H groups in total. The Morgan fingerprint density at radius 3 is 2.95 bits per heavy atom. The number of nitrogens with zero attached hydrogens (tertiary/aromatic N) is 2. The van der Waals surface area contributed by atoms with Gasteiger partial charge in [0.05, 0.1) is 11.2 Å². The molecule has 0 saturated heterocycles. The molecular weight excluding hydrogens is 313 g/mol. The predicted molar refractivity (Wildman–Crippen MR) is 82.9 cm³/mol. The summed E-state index contributed by atoms with van der Waals surface area (Å²) < 4.78 is 7.20. The molecule has 1 heterocycles. The molecule has 2 rings (SSSR count). The maximum absolute atomic E-state index is 9.87. The first-order chi connectivity index (χ1) is 10.1. The Morgan fingerprint density at radius 2 is 2.24 bits per heavy atom. The summed E-state index contributed by atoms with van der Waals surface area (Å²) in [5.74, 6) is 0.468. The van der Waals surface area contributed by atoms with Gasteiger partial charge >= 0.3 is 0 Å². The van der Waals surface area contributed by atoms with Crippen LogP contribution in [0.25, 0.3) is 0 Å². The van der Waals surface area contributed by atoms with Crippen molar-refractivity contribution in [2.24, 2.45) is 7.05 Å². The Bertz CT molecular complexity index is 589. The molecule has 1 aromatic heterocycles. The van der Waals surface area contributed by atoms with Crippen molar-refractivity contribution in [3.05, 3.63) is 46.2 Å². The standard InChI is InChI=1S/C14H17Cl2N3O2/c1-19-8-10(6-18-19)5-17-7-11(20)9-21-13-4-2-3-12(15)14(13)16/h2-4,6,8,11,17,20H,5,7,9H2,1H3. The summed E-state index contributed by atoms with van der Waals surface area (Å²) in [7, 11) is 1.86. The number of aliphatic hydroxyl groups excluding tert-OH is 1. The molecule has 1 atom stereocenters. The van der Waals surface area contributed by atoms with Crippen molar-refractivity contribution >= 4 is 23.2 Å². The Kier molecular flexibility index (Phi) is 5.87. The molecule has 0 fully saturated rings. The van der Waals surface area contributed by atoms with Crippen LogP contribution in [0.15, 0.2) is 30.6 Å². The Labute approximate surface area is 133 Å². The number of aromatic nitrogens is 2. The fraction of sp³-hybridized carbons (Fsp3) is 0.357. The van der Waals surface area contributed by atoms with E-state index in [0.717, 1.165) is 5.56 Å². The van der Waals surface area contributed by atoms with E-state index < -0.39 is 6.10 Å². The summed E-state index contributed by atoms with van der Waals surface area (Å²) in [4.78, 5) is 0. The lowest BCUT2D eigenvalue weighted by Gasteiger charge is -2.14. The van der Waals surface area contributed by atoms with E-state index in [4.69, 9.17) is 27.9 Å². The van der Waals surface area contributed by atoms with Gasteiger partial charge in [-0.2, -0.15) is 5.10 Å². The molecule has 0 aliphatic heterocycles. The lowest BCUT2D eigenvalue weighted by molar-refractivity contribution is 0.106. The summed E-state index contributed by atoms with van der Waals surface area (Å²) in [6.07, 6.45) is 3.06. The second-order valence-electron chi connectivity index (χ2n) is 4.67. The molecule has 0 saturated carbocycles. The zero-order valence-corrected chi connectivity index (χ0v) is 13.1. The van der Waals surface area contributed by atoms with Crippen molar-refractivity contribution in [2.75, 3.05) is 13.2 Å². The van der Waals surface area contributed by atoms with Gasteiger partial charge in [-0.1, -0.05) is 29.3 Å². The molecule has 0 aliphatic rings. The van der Waals surface area contributed by atoms with Gasteiger partial charge in [-0.15, -0.1) is 0 Å². The van der Waals surface area contributed by atoms with E-state index in [1.165, 1.54) is 0 Å². The van der Waals surface area contributed by atoms with Crippen LogP contribution in [0.2, 0.25) is 10.0 Å². The average molecular weight is 330 g/mol. The van der Waals surface area contributed by atoms with E-state index in [-0.39, 0.29) is 6.61 Å². The summed E-state index contributed by atoms with van der Waals surface area (Å²) in [6, 6.07) is 5.14. The molecule has 2 aromatic rings. The van der Waals surface area contributed by atoms with Crippen LogP contribution in [0, 0.1) is 0 Å². The quantitative estimate of drug-likeness (QED) is 0.818. The Balaban J connectivity index is 1.72. The van der Waals surface area contributed by atoms with Gasteiger partial charge in [0.2, 0.25) is 0 Å². The lowest BCUT2D eigenvalue weighted by atomic mass is 10.3. The highest BCUT2D eigenvalue weighted by Gasteiger charge is 2.09. The van der Waals surface area contributed by atoms with Crippen molar-refractivity contribution in [3.8, 4) is 5.75 Å². The first-order valence-electron chi connectivity index (χ1n) is 6.49. The summed E-state index contributed by atoms with van der Waals surface area (Å²) in [5, 5.41) is 17.9. The minimum Gasteiger partial charge on any atom is -0.489 e. The highest BCUT2D eigenvalue weighted by Crippen LogP contribution is 2.31. The largest absolute Gasteiger partial charge is 0.489 e. The topological polar surface area (TPSA) is 59.3 Å². The molecule has 114 valence electrons. The molecular formula is C14H17Cl2N3O2. The van der Waals surface area contributed by atoms with Gasteiger partial charge in [-0.05, 0) is 12.1 Å². The third-order valence-corrected chi connectivity index (χ3v) is 3.62. The zero-order chi connectivity index (χ0) is 15.2. The summed E-state index contributed by atoms with van der Waals surface area (Å²) >= 11 is 11.9. The number of nitrogens with one attached hydrogen (secondary N) is 1. The van der Waals surface area contributed by atoms with Gasteiger partial charge in [0.1, 0.15) is 23.5 Å². The smallest absolute Gasteiger partial charge is 0.139 e. The highest BCUT2D eigenvalue weighted by atomic mass is 35.5. The van der Waals surface area contributed by atoms with E-state index in [0.29, 0.717) is 28.9 Å². The minimum absolute atomic E-state index is 0.139. The van der Waals surface area contributed by atoms with Crippen LogP contribution >= 0.6 is 23.2 Å². The van der Waals surface area contributed by atoms with Crippen LogP contribution < -0.4 is 10.1 Å². The number of hydrogen-bond acceptors (Lipinski definition) is 4. The normalized spacial score (nSPS) is 12.4. The predicted octanol–water partition coefficient (Wildman–Crippen LogP) is 2.26. The van der Waals surface area contributed by atoms with Crippen molar-refractivity contribution in [1.82, 2.24) is 15.1 Å². The van der Waals surface area contributed by atoms with Gasteiger partial charge in [-0.25, -0.2) is 0 Å². The number of benzene rings is 1. The minimum atomic E-state index is -0.642. The van der Waals surface area contributed by atoms with E-state index in [9.17, 15) is 5.11 Å². The van der Waals surface area contributed by atoms with Gasteiger partial charge < -0.3 is 15.2 Å². The molecule has 0 aliphatic carbocycles. The molecule has 7 heteroatoms. The van der Waals surface area contributed by atoms with Crippen molar-refractivity contribution in [3.63, 3.8) is 0 Å². The fourth-order valence-electron chi connectivity index (χ4n) is 1.79. The first-order valence-corrected chi connectivity index (χ1v) is 7.25. The monoisotopic (exact) mass is 329 g/mol. The maximum atomic E-state index is 9.87. The van der Waals surface area contributed by atoms with E-state index in [1.807, 2.05) is 13.2 Å². The SMILES string of the molecule is Cn1cc(CNCC(O)COc2cccc(Cl)c2Cl)cn1. The van der Waals surface area contributed by atoms with Crippen LogP contribution in [-0.4, -0.2) is 34.1 Å². The van der Waals surface area contributed by atoms with E-state index >= 15 is 0 Å². The summed E-state index contributed by atoms with van der Waals surface area (Å²) in [5.41, 5.74) is 1.06. The van der Waals surface area contributed by atoms with Gasteiger partial charge in [0.15, 0.2) is 0 Å². The Hall–Kier alpha value is -1.27. The van der Waals surface area contributed by atoms with Gasteiger partial charge in [0.25, 0.3) is 0 Å². The second kappa shape index (κ2) is 7.66. The Morgan fingerprint density at radius 1 is 1.43 bits per heavy atom. The average Bonchev–Trinajstić information content (AvgIpc) is 2.86. The first kappa shape index (κ1) is 16.1. The zero-order valence-electron chi connectivity index (χ0n) is 11.6. The van der Waals surface area contributed by atoms with Crippen LogP contribution in [0.4, 0.5) is 0 Å². The molecule has 1 aromatic carbocycles. The summed E-state index contributed by atoms with van der Waals surface area (Å²) in [6.45, 7) is 1.19. The van der Waals surface area contributed by atoms with Crippen molar-refractivity contribution < 1.29 is 9.84 Å². The molecule has 0 bridgehead atoms. The molecule has 0 spiro atoms. The number of halogens is 2. The lowest BCUT2D eigenvalue weighted by Crippen LogP contribution is -2.31. The molecule has 0 amide bonds. The number of aliphatic hydroxyl groups is 1.